The number of carbonyl (C=O) groups is 1. The van der Waals surface area contributed by atoms with E-state index in [2.05, 4.69) is 27.0 Å². The van der Waals surface area contributed by atoms with Crippen LogP contribution in [0.5, 0.6) is 0 Å². The summed E-state index contributed by atoms with van der Waals surface area (Å²) in [5.74, 6) is -0.190. The number of hydrogen-bond donors (Lipinski definition) is 0. The average Bonchev–Trinajstić information content (AvgIpc) is 2.74. The standard InChI is InChI=1S/C16H10BrN3O/c1-20-14-6-5-10(17)8-11(14)15(16(20)21)12(9-18)13-4-2-3-7-19-13/h2-8H,1H3/b15-12-. The molecule has 0 spiro atoms. The lowest BCUT2D eigenvalue weighted by atomic mass is 9.99. The van der Waals surface area contributed by atoms with Crippen molar-refractivity contribution in [2.24, 2.45) is 0 Å². The molecule has 0 saturated carbocycles. The van der Waals surface area contributed by atoms with Crippen molar-refractivity contribution in [2.45, 2.75) is 0 Å². The predicted octanol–water partition coefficient (Wildman–Crippen LogP) is 3.25. The Morgan fingerprint density at radius 1 is 1.33 bits per heavy atom. The number of allylic oxidation sites excluding steroid dienone is 1. The first kappa shape index (κ1) is 13.5. The summed E-state index contributed by atoms with van der Waals surface area (Å²) in [6, 6.07) is 13.0. The van der Waals surface area contributed by atoms with Gasteiger partial charge in [-0.1, -0.05) is 22.0 Å². The summed E-state index contributed by atoms with van der Waals surface area (Å²) in [4.78, 5) is 18.3. The third kappa shape index (κ3) is 2.14. The van der Waals surface area contributed by atoms with E-state index in [4.69, 9.17) is 0 Å². The van der Waals surface area contributed by atoms with Gasteiger partial charge in [-0.2, -0.15) is 5.26 Å². The van der Waals surface area contributed by atoms with Gasteiger partial charge in [0, 0.05) is 23.3 Å². The Morgan fingerprint density at radius 2 is 2.14 bits per heavy atom. The molecule has 0 aliphatic carbocycles. The molecule has 0 radical (unpaired) electrons. The second-order valence-corrected chi connectivity index (χ2v) is 5.52. The first-order valence-corrected chi connectivity index (χ1v) is 7.06. The molecule has 0 bridgehead atoms. The lowest BCUT2D eigenvalue weighted by Gasteiger charge is -2.08. The Hall–Kier alpha value is -2.45. The van der Waals surface area contributed by atoms with Crippen molar-refractivity contribution in [1.82, 2.24) is 4.98 Å². The molecule has 0 atom stereocenters. The number of likely N-dealkylation sites (N-methyl/N-ethyl adjacent to an activating group) is 1. The summed E-state index contributed by atoms with van der Waals surface area (Å²) in [7, 11) is 1.70. The number of carbonyl (C=O) groups excluding carboxylic acids is 1. The lowest BCUT2D eigenvalue weighted by Crippen LogP contribution is -2.20. The molecule has 1 aliphatic rings. The van der Waals surface area contributed by atoms with Crippen molar-refractivity contribution in [2.75, 3.05) is 11.9 Å². The van der Waals surface area contributed by atoms with E-state index < -0.39 is 0 Å². The number of pyridine rings is 1. The topological polar surface area (TPSA) is 57.0 Å². The van der Waals surface area contributed by atoms with Crippen LogP contribution in [0.15, 0.2) is 47.1 Å². The molecule has 0 fully saturated rings. The number of amides is 1. The molecular formula is C16H10BrN3O. The first-order valence-electron chi connectivity index (χ1n) is 6.27. The van der Waals surface area contributed by atoms with Crippen molar-refractivity contribution in [1.29, 1.82) is 5.26 Å². The Labute approximate surface area is 130 Å². The second kappa shape index (κ2) is 5.15. The monoisotopic (exact) mass is 339 g/mol. The smallest absolute Gasteiger partial charge is 0.260 e. The van der Waals surface area contributed by atoms with Crippen molar-refractivity contribution < 1.29 is 4.79 Å². The maximum absolute atomic E-state index is 12.5. The number of aromatic nitrogens is 1. The van der Waals surface area contributed by atoms with Crippen LogP contribution in [0.25, 0.3) is 11.1 Å². The fourth-order valence-electron chi connectivity index (χ4n) is 2.39. The highest BCUT2D eigenvalue weighted by atomic mass is 79.9. The van der Waals surface area contributed by atoms with Gasteiger partial charge in [-0.25, -0.2) is 0 Å². The minimum Gasteiger partial charge on any atom is -0.311 e. The van der Waals surface area contributed by atoms with Gasteiger partial charge in [0.2, 0.25) is 0 Å². The van der Waals surface area contributed by atoms with E-state index in [9.17, 15) is 10.1 Å². The van der Waals surface area contributed by atoms with Crippen molar-refractivity contribution in [3.63, 3.8) is 0 Å². The summed E-state index contributed by atoms with van der Waals surface area (Å²) in [6.07, 6.45) is 1.61. The van der Waals surface area contributed by atoms with Crippen LogP contribution in [0, 0.1) is 11.3 Å². The van der Waals surface area contributed by atoms with E-state index in [1.54, 1.807) is 36.3 Å². The summed E-state index contributed by atoms with van der Waals surface area (Å²) >= 11 is 3.41. The van der Waals surface area contributed by atoms with Crippen molar-refractivity contribution in [3.05, 3.63) is 58.3 Å². The molecule has 0 N–H and O–H groups in total. The molecule has 1 aliphatic heterocycles. The fourth-order valence-corrected chi connectivity index (χ4v) is 2.75. The lowest BCUT2D eigenvalue weighted by molar-refractivity contribution is -0.112. The maximum Gasteiger partial charge on any atom is 0.260 e. The second-order valence-electron chi connectivity index (χ2n) is 4.60. The summed E-state index contributed by atoms with van der Waals surface area (Å²) in [5.41, 5.74) is 2.74. The average molecular weight is 340 g/mol. The maximum atomic E-state index is 12.5. The Balaban J connectivity index is 2.32. The molecule has 21 heavy (non-hydrogen) atoms. The van der Waals surface area contributed by atoms with Crippen LogP contribution in [0.2, 0.25) is 0 Å². The zero-order valence-electron chi connectivity index (χ0n) is 11.2. The van der Waals surface area contributed by atoms with Gasteiger partial charge >= 0.3 is 0 Å². The third-order valence-corrected chi connectivity index (χ3v) is 3.88. The van der Waals surface area contributed by atoms with Gasteiger partial charge in [-0.3, -0.25) is 9.78 Å². The quantitative estimate of drug-likeness (QED) is 0.591. The van der Waals surface area contributed by atoms with Gasteiger partial charge in [0.1, 0.15) is 6.07 Å². The van der Waals surface area contributed by atoms with Gasteiger partial charge in [0.05, 0.1) is 22.5 Å². The Bertz CT molecular complexity index is 806. The first-order chi connectivity index (χ1) is 10.1. The van der Waals surface area contributed by atoms with Gasteiger partial charge < -0.3 is 4.90 Å². The minimum absolute atomic E-state index is 0.190. The van der Waals surface area contributed by atoms with E-state index in [1.807, 2.05) is 18.2 Å². The molecule has 4 nitrogen and oxygen atoms in total. The van der Waals surface area contributed by atoms with Crippen LogP contribution >= 0.6 is 15.9 Å². The SMILES string of the molecule is CN1C(=O)/C(=C(/C#N)c2ccccn2)c2cc(Br)ccc21. The van der Waals surface area contributed by atoms with Crippen LogP contribution in [-0.2, 0) is 4.79 Å². The number of nitrogens with zero attached hydrogens (tertiary/aromatic N) is 3. The summed E-state index contributed by atoms with van der Waals surface area (Å²) in [6.45, 7) is 0. The molecule has 0 unspecified atom stereocenters. The molecule has 2 heterocycles. The van der Waals surface area contributed by atoms with E-state index in [0.717, 1.165) is 15.7 Å². The highest BCUT2D eigenvalue weighted by Crippen LogP contribution is 2.40. The van der Waals surface area contributed by atoms with Crippen molar-refractivity contribution >= 4 is 38.7 Å². The number of benzene rings is 1. The van der Waals surface area contributed by atoms with Crippen LogP contribution in [-0.4, -0.2) is 17.9 Å². The number of halogens is 1. The zero-order valence-corrected chi connectivity index (χ0v) is 12.8. The number of anilines is 1. The molecule has 0 saturated heterocycles. The summed E-state index contributed by atoms with van der Waals surface area (Å²) < 4.78 is 0.861. The highest BCUT2D eigenvalue weighted by molar-refractivity contribution is 9.10. The van der Waals surface area contributed by atoms with E-state index in [0.29, 0.717) is 16.8 Å². The molecule has 2 aromatic rings. The number of nitriles is 1. The van der Waals surface area contributed by atoms with Crippen molar-refractivity contribution in [3.8, 4) is 6.07 Å². The molecular weight excluding hydrogens is 330 g/mol. The van der Waals surface area contributed by atoms with Gasteiger partial charge in [-0.05, 0) is 30.3 Å². The third-order valence-electron chi connectivity index (χ3n) is 3.39. The highest BCUT2D eigenvalue weighted by Gasteiger charge is 2.33. The molecule has 1 aromatic heterocycles. The van der Waals surface area contributed by atoms with Crippen LogP contribution in [0.4, 0.5) is 5.69 Å². The summed E-state index contributed by atoms with van der Waals surface area (Å²) in [5, 5.41) is 9.51. The number of hydrogen-bond acceptors (Lipinski definition) is 3. The molecule has 102 valence electrons. The van der Waals surface area contributed by atoms with E-state index >= 15 is 0 Å². The van der Waals surface area contributed by atoms with Crippen LogP contribution < -0.4 is 4.90 Å². The van der Waals surface area contributed by atoms with E-state index in [-0.39, 0.29) is 5.91 Å². The van der Waals surface area contributed by atoms with Gasteiger partial charge in [0.25, 0.3) is 5.91 Å². The predicted molar refractivity (Wildman–Crippen MR) is 84.2 cm³/mol. The molecule has 1 aromatic carbocycles. The largest absolute Gasteiger partial charge is 0.311 e. The number of rotatable bonds is 1. The molecule has 5 heteroatoms. The van der Waals surface area contributed by atoms with Crippen LogP contribution in [0.1, 0.15) is 11.3 Å². The normalized spacial score (nSPS) is 15.7. The fraction of sp³-hybridized carbons (Fsp3) is 0.0625. The van der Waals surface area contributed by atoms with Gasteiger partial charge in [-0.15, -0.1) is 0 Å². The molecule has 3 rings (SSSR count). The number of fused-ring (bicyclic) bond motifs is 1. The van der Waals surface area contributed by atoms with E-state index in [1.165, 1.54) is 0 Å². The van der Waals surface area contributed by atoms with Gasteiger partial charge in [0.15, 0.2) is 0 Å². The Morgan fingerprint density at radius 3 is 2.81 bits per heavy atom. The zero-order chi connectivity index (χ0) is 15.0. The Kier molecular flexibility index (Phi) is 3.32. The molecule has 1 amide bonds. The minimum atomic E-state index is -0.190. The van der Waals surface area contributed by atoms with Crippen LogP contribution in [0.3, 0.4) is 0 Å².